The van der Waals surface area contributed by atoms with Crippen LogP contribution in [0.1, 0.15) is 0 Å². The van der Waals surface area contributed by atoms with Crippen molar-refractivity contribution in [1.82, 2.24) is 0 Å². The van der Waals surface area contributed by atoms with Crippen LogP contribution >= 0.6 is 0 Å². The van der Waals surface area contributed by atoms with Crippen molar-refractivity contribution in [1.29, 1.82) is 0 Å². The number of hydrogen-bond donors (Lipinski definition) is 0. The van der Waals surface area contributed by atoms with Gasteiger partial charge in [0.05, 0.1) is 18.1 Å². The average Bonchev–Trinajstić information content (AvgIpc) is 1.83. The molecule has 0 heterocycles. The summed E-state index contributed by atoms with van der Waals surface area (Å²) in [4.78, 5) is 18.9. The van der Waals surface area contributed by atoms with Crippen LogP contribution in [0, 0.1) is 10.1 Å². The van der Waals surface area contributed by atoms with E-state index >= 15 is 0 Å². The van der Waals surface area contributed by atoms with Crippen molar-refractivity contribution in [2.45, 2.75) is 0 Å². The largest absolute Gasteiger partial charge is 0.466 e. The van der Waals surface area contributed by atoms with Gasteiger partial charge in [-0.1, -0.05) is 0 Å². The highest BCUT2D eigenvalue weighted by atomic mass is 16.6. The minimum Gasteiger partial charge on any atom is -0.466 e. The van der Waals surface area contributed by atoms with Gasteiger partial charge in [0.25, 0.3) is 0 Å². The number of ether oxygens (including phenoxy) is 1. The topological polar surface area (TPSA) is 69.4 Å². The van der Waals surface area contributed by atoms with Crippen LogP contribution in [-0.2, 0) is 9.53 Å². The highest BCUT2D eigenvalue weighted by molar-refractivity contribution is 5.81. The molecule has 0 aliphatic heterocycles. The quantitative estimate of drug-likeness (QED) is 0.228. The van der Waals surface area contributed by atoms with Crippen LogP contribution in [0.5, 0.6) is 0 Å². The lowest BCUT2D eigenvalue weighted by atomic mass is 10.6. The van der Waals surface area contributed by atoms with Crippen molar-refractivity contribution < 1.29 is 14.5 Å². The van der Waals surface area contributed by atoms with Crippen LogP contribution in [-0.4, -0.2) is 18.0 Å². The normalized spacial score (nSPS) is 9.44. The molecule has 0 amide bonds. The molecular weight excluding hydrogens is 126 g/mol. The smallest absolute Gasteiger partial charge is 0.336 e. The molecule has 0 fully saturated rings. The van der Waals surface area contributed by atoms with E-state index in [1.165, 1.54) is 0 Å². The number of carbonyl (C=O) groups is 1. The lowest BCUT2D eigenvalue weighted by molar-refractivity contribution is -0.402. The Labute approximate surface area is 51.1 Å². The maximum Gasteiger partial charge on any atom is 0.336 e. The Kier molecular flexibility index (Phi) is 3.04. The van der Waals surface area contributed by atoms with Crippen molar-refractivity contribution in [3.63, 3.8) is 0 Å². The third kappa shape index (κ3) is 4.46. The van der Waals surface area contributed by atoms with Crippen molar-refractivity contribution in [2.75, 3.05) is 7.11 Å². The number of nitro groups is 1. The van der Waals surface area contributed by atoms with Gasteiger partial charge in [0, 0.05) is 0 Å². The number of carbonyl (C=O) groups excluding carboxylic acids is 1. The van der Waals surface area contributed by atoms with Crippen molar-refractivity contribution in [3.05, 3.63) is 22.4 Å². The van der Waals surface area contributed by atoms with Crippen LogP contribution in [0.2, 0.25) is 0 Å². The first-order valence-electron chi connectivity index (χ1n) is 2.06. The number of hydrogen-bond acceptors (Lipinski definition) is 4. The van der Waals surface area contributed by atoms with Gasteiger partial charge in [0.2, 0.25) is 6.20 Å². The monoisotopic (exact) mass is 131 g/mol. The van der Waals surface area contributed by atoms with Gasteiger partial charge in [-0.05, 0) is 0 Å². The van der Waals surface area contributed by atoms with E-state index in [-0.39, 0.29) is 0 Å². The van der Waals surface area contributed by atoms with Gasteiger partial charge in [0.15, 0.2) is 0 Å². The van der Waals surface area contributed by atoms with Crippen LogP contribution < -0.4 is 0 Å². The lowest BCUT2D eigenvalue weighted by Crippen LogP contribution is -1.95. The van der Waals surface area contributed by atoms with Crippen LogP contribution in [0.25, 0.3) is 0 Å². The molecule has 9 heavy (non-hydrogen) atoms. The Balaban J connectivity index is 3.71. The van der Waals surface area contributed by atoms with E-state index in [1.807, 2.05) is 0 Å². The lowest BCUT2D eigenvalue weighted by Gasteiger charge is -1.84. The maximum absolute atomic E-state index is 10.1. The molecule has 0 radical (unpaired) electrons. The summed E-state index contributed by atoms with van der Waals surface area (Å²) in [5, 5.41) is 9.53. The van der Waals surface area contributed by atoms with Gasteiger partial charge in [-0.3, -0.25) is 10.1 Å². The summed E-state index contributed by atoms with van der Waals surface area (Å²) in [6.07, 6.45) is 1.26. The molecule has 0 N–H and O–H groups in total. The second kappa shape index (κ2) is 3.59. The molecule has 0 saturated heterocycles. The molecule has 0 bridgehead atoms. The predicted molar refractivity (Wildman–Crippen MR) is 28.2 cm³/mol. The molecule has 50 valence electrons. The zero-order valence-corrected chi connectivity index (χ0v) is 4.73. The van der Waals surface area contributed by atoms with Crippen LogP contribution in [0.3, 0.4) is 0 Å². The second-order valence-electron chi connectivity index (χ2n) is 1.12. The fourth-order valence-electron chi connectivity index (χ4n) is 0.190. The van der Waals surface area contributed by atoms with Gasteiger partial charge in [-0.2, -0.15) is 0 Å². The standard InChI is InChI=1S/C4H5NO4/c1-9-4(6)2-3-5(7)8/h2-3H,1H3. The Morgan fingerprint density at radius 1 is 1.78 bits per heavy atom. The summed E-state index contributed by atoms with van der Waals surface area (Å²) in [6, 6.07) is 0. The zero-order chi connectivity index (χ0) is 7.28. The molecule has 0 aliphatic carbocycles. The zero-order valence-electron chi connectivity index (χ0n) is 4.73. The molecule has 5 heteroatoms. The summed E-state index contributed by atoms with van der Waals surface area (Å²) in [5.41, 5.74) is 0. The van der Waals surface area contributed by atoms with E-state index in [4.69, 9.17) is 0 Å². The predicted octanol–water partition coefficient (Wildman–Crippen LogP) is -0.0502. The Hall–Kier alpha value is -1.39. The third-order valence-corrected chi connectivity index (χ3v) is 0.534. The summed E-state index contributed by atoms with van der Waals surface area (Å²) < 4.78 is 4.07. The summed E-state index contributed by atoms with van der Waals surface area (Å²) in [7, 11) is 1.15. The van der Waals surface area contributed by atoms with Crippen LogP contribution in [0.15, 0.2) is 12.3 Å². The molecule has 0 aromatic rings. The Morgan fingerprint density at radius 3 is 2.67 bits per heavy atom. The summed E-state index contributed by atoms with van der Waals surface area (Å²) >= 11 is 0. The van der Waals surface area contributed by atoms with Gasteiger partial charge in [-0.15, -0.1) is 0 Å². The molecule has 0 aliphatic rings. The third-order valence-electron chi connectivity index (χ3n) is 0.534. The van der Waals surface area contributed by atoms with Crippen molar-refractivity contribution in [2.24, 2.45) is 0 Å². The van der Waals surface area contributed by atoms with Gasteiger partial charge >= 0.3 is 5.97 Å². The van der Waals surface area contributed by atoms with Crippen molar-refractivity contribution >= 4 is 5.97 Å². The average molecular weight is 131 g/mol. The Morgan fingerprint density at radius 2 is 2.33 bits per heavy atom. The second-order valence-corrected chi connectivity index (χ2v) is 1.12. The highest BCUT2D eigenvalue weighted by Gasteiger charge is 1.93. The van der Waals surface area contributed by atoms with E-state index in [0.717, 1.165) is 13.2 Å². The maximum atomic E-state index is 10.1. The summed E-state index contributed by atoms with van der Waals surface area (Å²) in [6.45, 7) is 0. The fourth-order valence-corrected chi connectivity index (χ4v) is 0.190. The molecule has 0 unspecified atom stereocenters. The minimum absolute atomic E-state index is 0.520. The van der Waals surface area contributed by atoms with E-state index < -0.39 is 10.9 Å². The molecule has 5 nitrogen and oxygen atoms in total. The molecule has 0 aromatic heterocycles. The SMILES string of the molecule is COC(=O)C=C[N+](=O)[O-]. The van der Waals surface area contributed by atoms with Gasteiger partial charge in [-0.25, -0.2) is 4.79 Å². The first-order valence-corrected chi connectivity index (χ1v) is 2.06. The molecular formula is C4H5NO4. The number of nitrogens with zero attached hydrogens (tertiary/aromatic N) is 1. The van der Waals surface area contributed by atoms with Crippen LogP contribution in [0.4, 0.5) is 0 Å². The summed E-state index contributed by atoms with van der Waals surface area (Å²) in [5.74, 6) is -0.730. The highest BCUT2D eigenvalue weighted by Crippen LogP contribution is 1.77. The van der Waals surface area contributed by atoms with Crippen molar-refractivity contribution in [3.8, 4) is 0 Å². The first-order chi connectivity index (χ1) is 4.16. The van der Waals surface area contributed by atoms with Gasteiger partial charge < -0.3 is 4.74 Å². The molecule has 0 atom stereocenters. The van der Waals surface area contributed by atoms with E-state index in [9.17, 15) is 14.9 Å². The first kappa shape index (κ1) is 7.61. The Bertz CT molecular complexity index is 151. The molecule has 0 saturated carbocycles. The molecule has 0 spiro atoms. The van der Waals surface area contributed by atoms with E-state index in [0.29, 0.717) is 6.20 Å². The fraction of sp³-hybridized carbons (Fsp3) is 0.250. The molecule has 0 aromatic carbocycles. The minimum atomic E-state index is -0.739. The van der Waals surface area contributed by atoms with E-state index in [2.05, 4.69) is 4.74 Å². The molecule has 0 rings (SSSR count). The van der Waals surface area contributed by atoms with Gasteiger partial charge in [0.1, 0.15) is 0 Å². The van der Waals surface area contributed by atoms with E-state index in [1.54, 1.807) is 0 Å². The number of rotatable bonds is 2. The number of methoxy groups -OCH3 is 1. The number of esters is 1.